The predicted molar refractivity (Wildman–Crippen MR) is 112 cm³/mol. The molecule has 0 bridgehead atoms. The van der Waals surface area contributed by atoms with Crippen LogP contribution >= 0.6 is 0 Å². The first kappa shape index (κ1) is 21.1. The highest BCUT2D eigenvalue weighted by Crippen LogP contribution is 2.62. The highest BCUT2D eigenvalue weighted by atomic mass is 16.5. The van der Waals surface area contributed by atoms with Gasteiger partial charge in [-0.3, -0.25) is 14.4 Å². The highest BCUT2D eigenvalue weighted by molar-refractivity contribution is 6.04. The van der Waals surface area contributed by atoms with Gasteiger partial charge in [0, 0.05) is 32.1 Å². The van der Waals surface area contributed by atoms with Crippen LogP contribution in [0.5, 0.6) is 0 Å². The maximum absolute atomic E-state index is 12.5. The lowest BCUT2D eigenvalue weighted by Gasteiger charge is -2.59. The van der Waals surface area contributed by atoms with Gasteiger partial charge in [0.05, 0.1) is 0 Å². The number of fused-ring (bicyclic) bond motifs is 5. The summed E-state index contributed by atoms with van der Waals surface area (Å²) in [6.45, 7) is 7.46. The van der Waals surface area contributed by atoms with Gasteiger partial charge in [-0.05, 0) is 55.3 Å². The SMILES string of the molecule is CC(=O)N/N=C1\NC(=O)C[C@H]2[C@@H]3CC=C4C[C@@H](OC(C)=O)CC[C@]4(C)[C@H]3CC[C@]12C. The molecule has 2 saturated carbocycles. The number of hydrazone groups is 1. The third-order valence-electron chi connectivity index (χ3n) is 8.31. The lowest BCUT2D eigenvalue weighted by molar-refractivity contribution is -0.148. The van der Waals surface area contributed by atoms with E-state index in [-0.39, 0.29) is 40.6 Å². The summed E-state index contributed by atoms with van der Waals surface area (Å²) in [5.74, 6) is 1.29. The van der Waals surface area contributed by atoms with Gasteiger partial charge in [0.25, 0.3) is 0 Å². The molecule has 1 heterocycles. The van der Waals surface area contributed by atoms with Gasteiger partial charge in [-0.1, -0.05) is 25.5 Å². The van der Waals surface area contributed by atoms with Crippen molar-refractivity contribution >= 4 is 23.6 Å². The molecule has 3 fully saturated rings. The minimum absolute atomic E-state index is 0.0101. The van der Waals surface area contributed by atoms with Gasteiger partial charge < -0.3 is 10.1 Å². The molecule has 1 aliphatic heterocycles. The van der Waals surface area contributed by atoms with E-state index >= 15 is 0 Å². The number of allylic oxidation sites excluding steroid dienone is 1. The molecule has 3 aliphatic carbocycles. The van der Waals surface area contributed by atoms with Crippen molar-refractivity contribution in [2.45, 2.75) is 78.7 Å². The maximum Gasteiger partial charge on any atom is 0.302 e. The topological polar surface area (TPSA) is 96.9 Å². The number of amidine groups is 1. The van der Waals surface area contributed by atoms with Crippen molar-refractivity contribution < 1.29 is 19.1 Å². The van der Waals surface area contributed by atoms with E-state index in [0.29, 0.717) is 24.1 Å². The van der Waals surface area contributed by atoms with Crippen molar-refractivity contribution in [2.75, 3.05) is 0 Å². The molecule has 7 heteroatoms. The number of amides is 2. The van der Waals surface area contributed by atoms with Gasteiger partial charge in [-0.25, -0.2) is 5.43 Å². The van der Waals surface area contributed by atoms with Crippen LogP contribution in [0.15, 0.2) is 16.8 Å². The Labute approximate surface area is 178 Å². The zero-order valence-corrected chi connectivity index (χ0v) is 18.4. The van der Waals surface area contributed by atoms with Crippen LogP contribution < -0.4 is 10.7 Å². The van der Waals surface area contributed by atoms with E-state index in [1.54, 1.807) is 0 Å². The van der Waals surface area contributed by atoms with Crippen molar-refractivity contribution in [3.63, 3.8) is 0 Å². The molecular formula is C23H33N3O4. The molecule has 0 aromatic carbocycles. The number of esters is 1. The molecular weight excluding hydrogens is 382 g/mol. The maximum atomic E-state index is 12.5. The monoisotopic (exact) mass is 415 g/mol. The quantitative estimate of drug-likeness (QED) is 0.411. The first-order valence-corrected chi connectivity index (χ1v) is 11.1. The molecule has 2 amide bonds. The van der Waals surface area contributed by atoms with E-state index in [4.69, 9.17) is 4.74 Å². The molecule has 1 saturated heterocycles. The lowest BCUT2D eigenvalue weighted by Crippen LogP contribution is -2.60. The number of carbonyl (C=O) groups excluding carboxylic acids is 3. The Kier molecular flexibility index (Phi) is 5.27. The van der Waals surface area contributed by atoms with Crippen LogP contribution in [0.2, 0.25) is 0 Å². The largest absolute Gasteiger partial charge is 0.462 e. The Morgan fingerprint density at radius 3 is 2.57 bits per heavy atom. The normalized spacial score (nSPS) is 41.5. The fraction of sp³-hybridized carbons (Fsp3) is 0.739. The molecule has 0 unspecified atom stereocenters. The summed E-state index contributed by atoms with van der Waals surface area (Å²) in [4.78, 5) is 35.3. The minimum atomic E-state index is -0.242. The van der Waals surface area contributed by atoms with Crippen molar-refractivity contribution in [3.8, 4) is 0 Å². The number of nitrogens with one attached hydrogen (secondary N) is 2. The molecule has 6 atom stereocenters. The third-order valence-corrected chi connectivity index (χ3v) is 8.31. The molecule has 0 spiro atoms. The van der Waals surface area contributed by atoms with Crippen molar-refractivity contribution in [2.24, 2.45) is 33.7 Å². The smallest absolute Gasteiger partial charge is 0.302 e. The molecule has 4 aliphatic rings. The Hall–Kier alpha value is -2.18. The van der Waals surface area contributed by atoms with Gasteiger partial charge in [0.1, 0.15) is 11.9 Å². The van der Waals surface area contributed by atoms with Gasteiger partial charge in [0.15, 0.2) is 0 Å². The summed E-state index contributed by atoms with van der Waals surface area (Å²) < 4.78 is 5.51. The lowest BCUT2D eigenvalue weighted by atomic mass is 9.46. The summed E-state index contributed by atoms with van der Waals surface area (Å²) in [6, 6.07) is 0. The van der Waals surface area contributed by atoms with Crippen molar-refractivity contribution in [1.82, 2.24) is 10.7 Å². The third kappa shape index (κ3) is 3.46. The standard InChI is InChI=1S/C23H33N3O4/c1-13(27)25-26-21-23(4)10-8-18-17(19(23)12-20(29)24-21)6-5-15-11-16(30-14(2)28)7-9-22(15,18)3/h5,16-19H,6-12H2,1-4H3,(H,25,27)(H,24,26,29)/t16-,17+,18-,19-,22-,23-/m0/s1. The molecule has 0 aromatic rings. The Bertz CT molecular complexity index is 834. The summed E-state index contributed by atoms with van der Waals surface area (Å²) in [7, 11) is 0. The van der Waals surface area contributed by atoms with E-state index in [1.165, 1.54) is 19.4 Å². The molecule has 0 radical (unpaired) electrons. The second-order valence-electron chi connectivity index (χ2n) is 10.1. The van der Waals surface area contributed by atoms with Gasteiger partial charge in [0.2, 0.25) is 11.8 Å². The predicted octanol–water partition coefficient (Wildman–Crippen LogP) is 3.06. The highest BCUT2D eigenvalue weighted by Gasteiger charge is 2.58. The number of nitrogens with zero attached hydrogens (tertiary/aromatic N) is 1. The Morgan fingerprint density at radius 2 is 1.87 bits per heavy atom. The number of carbonyl (C=O) groups is 3. The average Bonchev–Trinajstić information content (AvgIpc) is 2.66. The molecule has 30 heavy (non-hydrogen) atoms. The molecule has 0 aromatic heterocycles. The first-order chi connectivity index (χ1) is 14.1. The molecule has 164 valence electrons. The second-order valence-corrected chi connectivity index (χ2v) is 10.1. The van der Waals surface area contributed by atoms with Gasteiger partial charge >= 0.3 is 5.97 Å². The van der Waals surface area contributed by atoms with E-state index in [9.17, 15) is 14.4 Å². The van der Waals surface area contributed by atoms with Crippen molar-refractivity contribution in [1.29, 1.82) is 0 Å². The summed E-state index contributed by atoms with van der Waals surface area (Å²) in [5.41, 5.74) is 3.81. The summed E-state index contributed by atoms with van der Waals surface area (Å²) in [6.07, 6.45) is 8.55. The van der Waals surface area contributed by atoms with Gasteiger partial charge in [-0.15, -0.1) is 0 Å². The van der Waals surface area contributed by atoms with E-state index < -0.39 is 0 Å². The fourth-order valence-corrected chi connectivity index (χ4v) is 6.77. The summed E-state index contributed by atoms with van der Waals surface area (Å²) in [5, 5.41) is 7.21. The van der Waals surface area contributed by atoms with Crippen molar-refractivity contribution in [3.05, 3.63) is 11.6 Å². The average molecular weight is 416 g/mol. The summed E-state index contributed by atoms with van der Waals surface area (Å²) >= 11 is 0. The molecule has 7 nitrogen and oxygen atoms in total. The minimum Gasteiger partial charge on any atom is -0.462 e. The van der Waals surface area contributed by atoms with E-state index in [1.807, 2.05) is 0 Å². The first-order valence-electron chi connectivity index (χ1n) is 11.1. The fourth-order valence-electron chi connectivity index (χ4n) is 6.77. The number of ether oxygens (including phenoxy) is 1. The molecule has 4 rings (SSSR count). The number of piperidine rings is 1. The van der Waals surface area contributed by atoms with E-state index in [2.05, 4.69) is 35.8 Å². The Balaban J connectivity index is 1.62. The van der Waals surface area contributed by atoms with Crippen LogP contribution in [0.1, 0.15) is 72.6 Å². The van der Waals surface area contributed by atoms with Crippen LogP contribution in [-0.4, -0.2) is 29.7 Å². The van der Waals surface area contributed by atoms with Crippen LogP contribution in [0, 0.1) is 28.6 Å². The van der Waals surface area contributed by atoms with Crippen LogP contribution in [0.4, 0.5) is 0 Å². The zero-order valence-electron chi connectivity index (χ0n) is 18.4. The second kappa shape index (κ2) is 7.50. The van der Waals surface area contributed by atoms with Crippen LogP contribution in [0.3, 0.4) is 0 Å². The van der Waals surface area contributed by atoms with Gasteiger partial charge in [-0.2, -0.15) is 5.10 Å². The zero-order chi connectivity index (χ0) is 21.7. The molecule has 2 N–H and O–H groups in total. The number of hydrogen-bond acceptors (Lipinski definition) is 5. The van der Waals surface area contributed by atoms with Crippen LogP contribution in [0.25, 0.3) is 0 Å². The number of hydrogen-bond donors (Lipinski definition) is 2. The number of rotatable bonds is 2. The Morgan fingerprint density at radius 1 is 1.13 bits per heavy atom. The van der Waals surface area contributed by atoms with Crippen LogP contribution in [-0.2, 0) is 19.1 Å². The van der Waals surface area contributed by atoms with E-state index in [0.717, 1.165) is 38.5 Å².